The Balaban J connectivity index is 1.16. The summed E-state index contributed by atoms with van der Waals surface area (Å²) in [6.07, 6.45) is -0.616. The van der Waals surface area contributed by atoms with Gasteiger partial charge in [-0.2, -0.15) is 4.98 Å². The van der Waals surface area contributed by atoms with Crippen molar-refractivity contribution >= 4 is 84.3 Å². The van der Waals surface area contributed by atoms with Gasteiger partial charge < -0.3 is 30.9 Å². The molecular formula is C27H26Br2N8O9. The van der Waals surface area contributed by atoms with Gasteiger partial charge in [-0.1, -0.05) is 0 Å². The van der Waals surface area contributed by atoms with Crippen molar-refractivity contribution in [3.8, 4) is 0 Å². The van der Waals surface area contributed by atoms with Gasteiger partial charge in [0.1, 0.15) is 8.96 Å². The van der Waals surface area contributed by atoms with E-state index in [1.807, 2.05) is 0 Å². The first-order valence-electron chi connectivity index (χ1n) is 13.5. The van der Waals surface area contributed by atoms with E-state index in [1.54, 1.807) is 12.1 Å². The summed E-state index contributed by atoms with van der Waals surface area (Å²) in [4.78, 5) is 87.9. The fourth-order valence-corrected chi connectivity index (χ4v) is 4.76. The number of anilines is 2. The molecule has 3 heterocycles. The zero-order valence-corrected chi connectivity index (χ0v) is 26.9. The Labute approximate surface area is 276 Å². The number of nitrogens with one attached hydrogen (secondary N) is 3. The van der Waals surface area contributed by atoms with Crippen LogP contribution in [-0.4, -0.2) is 92.0 Å². The first-order valence-corrected chi connectivity index (χ1v) is 15.1. The fraction of sp³-hybridized carbons (Fsp3) is 0.296. The minimum Gasteiger partial charge on any atom is -0.479 e. The molecule has 0 fully saturated rings. The van der Waals surface area contributed by atoms with Gasteiger partial charge in [0.15, 0.2) is 17.3 Å². The zero-order valence-electron chi connectivity index (χ0n) is 23.7. The maximum absolute atomic E-state index is 12.6. The quantitative estimate of drug-likeness (QED) is 0.0816. The van der Waals surface area contributed by atoms with E-state index >= 15 is 0 Å². The number of benzene rings is 1. The standard InChI is InChI=1S/C27H26Br2N8O9/c28-18-19(29)24(41)37(23(18)40)8-10-45-9-7-31-17(38)6-5-16(25(42)43)46-26(44)13-1-3-14(4-2-13)32-11-15-12-33-21-20(34-15)22(39)36-27(30)35-21/h1-4,12,16,32H,5-11H2,(H,31,38)(H,42,43)(H3,30,33,35,36,39)/t16-/m0/s1. The number of hydrogen-bond acceptors (Lipinski definition) is 13. The van der Waals surface area contributed by atoms with Crippen molar-refractivity contribution in [3.05, 3.63) is 61.0 Å². The summed E-state index contributed by atoms with van der Waals surface area (Å²) < 4.78 is 10.7. The number of nitrogens with zero attached hydrogens (tertiary/aromatic N) is 4. The summed E-state index contributed by atoms with van der Waals surface area (Å²) in [7, 11) is 0. The van der Waals surface area contributed by atoms with Crippen molar-refractivity contribution in [2.75, 3.05) is 37.4 Å². The number of carbonyl (C=O) groups is 5. The van der Waals surface area contributed by atoms with Gasteiger partial charge in [0, 0.05) is 25.1 Å². The largest absolute Gasteiger partial charge is 0.479 e. The second-order valence-electron chi connectivity index (χ2n) is 9.54. The number of aliphatic carboxylic acids is 1. The van der Waals surface area contributed by atoms with E-state index in [2.05, 4.69) is 62.4 Å². The lowest BCUT2D eigenvalue weighted by atomic mass is 10.1. The summed E-state index contributed by atoms with van der Waals surface area (Å²) in [5.74, 6) is -3.80. The van der Waals surface area contributed by atoms with E-state index in [0.29, 0.717) is 11.4 Å². The molecule has 0 aliphatic carbocycles. The van der Waals surface area contributed by atoms with Crippen LogP contribution < -0.4 is 21.9 Å². The highest BCUT2D eigenvalue weighted by Crippen LogP contribution is 2.29. The molecule has 1 aliphatic rings. The molecule has 0 bridgehead atoms. The molecule has 46 heavy (non-hydrogen) atoms. The second-order valence-corrected chi connectivity index (χ2v) is 11.1. The molecule has 2 aromatic heterocycles. The van der Waals surface area contributed by atoms with Gasteiger partial charge in [-0.15, -0.1) is 0 Å². The first kappa shape index (κ1) is 34.1. The molecule has 0 unspecified atom stereocenters. The summed E-state index contributed by atoms with van der Waals surface area (Å²) in [6, 6.07) is 6.01. The number of halogens is 2. The van der Waals surface area contributed by atoms with Crippen LogP contribution in [0.4, 0.5) is 11.6 Å². The van der Waals surface area contributed by atoms with Crippen LogP contribution in [0.15, 0.2) is 44.2 Å². The van der Waals surface area contributed by atoms with E-state index in [1.165, 1.54) is 18.3 Å². The van der Waals surface area contributed by atoms with Crippen LogP contribution >= 0.6 is 31.9 Å². The number of ether oxygens (including phenoxy) is 2. The third-order valence-corrected chi connectivity index (χ3v) is 8.33. The molecule has 3 amide bonds. The van der Waals surface area contributed by atoms with Crippen LogP contribution in [0.1, 0.15) is 28.9 Å². The molecule has 0 saturated heterocycles. The Hall–Kier alpha value is -4.75. The van der Waals surface area contributed by atoms with Crippen molar-refractivity contribution in [3.63, 3.8) is 0 Å². The predicted octanol–water partition coefficient (Wildman–Crippen LogP) is 0.801. The molecule has 6 N–H and O–H groups in total. The van der Waals surface area contributed by atoms with Gasteiger partial charge >= 0.3 is 11.9 Å². The number of imide groups is 1. The maximum atomic E-state index is 12.6. The van der Waals surface area contributed by atoms with Crippen molar-refractivity contribution in [1.29, 1.82) is 0 Å². The highest BCUT2D eigenvalue weighted by Gasteiger charge is 2.35. The predicted molar refractivity (Wildman–Crippen MR) is 168 cm³/mol. The SMILES string of the molecule is Nc1nc2ncc(CNc3ccc(C(=O)O[C@@H](CCC(=O)NCCOCCN4C(=O)C(Br)=C(Br)C4=O)C(=O)O)cc3)nc2c(=O)[nH]1. The van der Waals surface area contributed by atoms with Crippen LogP contribution in [0.5, 0.6) is 0 Å². The maximum Gasteiger partial charge on any atom is 0.345 e. The minimum absolute atomic E-state index is 0.0269. The molecule has 17 nitrogen and oxygen atoms in total. The first-order chi connectivity index (χ1) is 21.9. The molecule has 242 valence electrons. The summed E-state index contributed by atoms with van der Waals surface area (Å²) in [5.41, 5.74) is 6.27. The Morgan fingerprint density at radius 2 is 1.74 bits per heavy atom. The van der Waals surface area contributed by atoms with E-state index in [4.69, 9.17) is 15.2 Å². The van der Waals surface area contributed by atoms with Crippen molar-refractivity contribution in [1.82, 2.24) is 30.2 Å². The number of nitrogens with two attached hydrogens (primary N) is 1. The normalized spacial score (nSPS) is 13.7. The Morgan fingerprint density at radius 1 is 1.04 bits per heavy atom. The number of fused-ring (bicyclic) bond motifs is 1. The third kappa shape index (κ3) is 8.70. The number of H-pyrrole nitrogens is 1. The Bertz CT molecular complexity index is 1740. The fourth-order valence-electron chi connectivity index (χ4n) is 3.99. The molecule has 1 atom stereocenters. The molecule has 1 aromatic carbocycles. The van der Waals surface area contributed by atoms with Gasteiger partial charge in [-0.3, -0.25) is 29.1 Å². The number of aromatic amines is 1. The zero-order chi connectivity index (χ0) is 33.4. The number of esters is 1. The van der Waals surface area contributed by atoms with Crippen LogP contribution in [-0.2, 0) is 35.2 Å². The number of rotatable bonds is 15. The summed E-state index contributed by atoms with van der Waals surface area (Å²) in [5, 5.41) is 15.1. The third-order valence-electron chi connectivity index (χ3n) is 6.32. The number of hydrogen-bond donors (Lipinski definition) is 5. The van der Waals surface area contributed by atoms with Crippen molar-refractivity contribution in [2.24, 2.45) is 0 Å². The lowest BCUT2D eigenvalue weighted by Crippen LogP contribution is -2.35. The van der Waals surface area contributed by atoms with Crippen LogP contribution in [0.25, 0.3) is 11.2 Å². The number of amides is 3. The van der Waals surface area contributed by atoms with Crippen LogP contribution in [0.3, 0.4) is 0 Å². The Kier molecular flexibility index (Phi) is 11.5. The lowest BCUT2D eigenvalue weighted by Gasteiger charge is -2.15. The summed E-state index contributed by atoms with van der Waals surface area (Å²) >= 11 is 6.06. The van der Waals surface area contributed by atoms with Gasteiger partial charge in [0.05, 0.1) is 43.8 Å². The lowest BCUT2D eigenvalue weighted by molar-refractivity contribution is -0.147. The van der Waals surface area contributed by atoms with Crippen LogP contribution in [0, 0.1) is 0 Å². The number of carbonyl (C=O) groups excluding carboxylic acids is 4. The molecule has 19 heteroatoms. The molecule has 0 spiro atoms. The monoisotopic (exact) mass is 764 g/mol. The highest BCUT2D eigenvalue weighted by molar-refractivity contribution is 9.14. The van der Waals surface area contributed by atoms with Crippen LogP contribution in [0.2, 0.25) is 0 Å². The molecule has 4 rings (SSSR count). The molecule has 1 aliphatic heterocycles. The van der Waals surface area contributed by atoms with E-state index in [9.17, 15) is 33.9 Å². The topological polar surface area (TPSA) is 249 Å². The van der Waals surface area contributed by atoms with E-state index < -0.39 is 41.3 Å². The van der Waals surface area contributed by atoms with Gasteiger partial charge in [0.2, 0.25) is 11.9 Å². The second kappa shape index (κ2) is 15.5. The Morgan fingerprint density at radius 3 is 2.41 bits per heavy atom. The van der Waals surface area contributed by atoms with E-state index in [-0.39, 0.29) is 77.3 Å². The average Bonchev–Trinajstić information content (AvgIpc) is 3.21. The number of carboxylic acid groups (broad SMARTS) is 1. The average molecular weight is 766 g/mol. The van der Waals surface area contributed by atoms with Gasteiger partial charge in [-0.25, -0.2) is 19.6 Å². The number of nitrogen functional groups attached to an aromatic ring is 1. The minimum atomic E-state index is -1.56. The van der Waals surface area contributed by atoms with Crippen molar-refractivity contribution < 1.29 is 38.6 Å². The number of aromatic nitrogens is 4. The number of carboxylic acids is 1. The van der Waals surface area contributed by atoms with E-state index in [0.717, 1.165) is 4.90 Å². The van der Waals surface area contributed by atoms with Gasteiger partial charge in [0.25, 0.3) is 17.4 Å². The smallest absolute Gasteiger partial charge is 0.345 e. The summed E-state index contributed by atoms with van der Waals surface area (Å²) in [6.45, 7) is 0.460. The van der Waals surface area contributed by atoms with Gasteiger partial charge in [-0.05, 0) is 56.1 Å². The van der Waals surface area contributed by atoms with Crippen molar-refractivity contribution in [2.45, 2.75) is 25.5 Å². The molecule has 0 saturated carbocycles. The molecule has 3 aromatic rings. The molecule has 0 radical (unpaired) electrons. The molecular weight excluding hydrogens is 740 g/mol. The highest BCUT2D eigenvalue weighted by atomic mass is 79.9.